The third kappa shape index (κ3) is 3.36. The van der Waals surface area contributed by atoms with Crippen LogP contribution < -0.4 is 0 Å². The van der Waals surface area contributed by atoms with Gasteiger partial charge in [-0.05, 0) is 34.0 Å². The minimum atomic E-state index is -0.719. The Morgan fingerprint density at radius 1 is 1.03 bits per heavy atom. The number of carbonyl (C=O) groups excluding carboxylic acids is 2. The minimum Gasteiger partial charge on any atom is -0.503 e. The molecule has 0 aromatic heterocycles. The van der Waals surface area contributed by atoms with Crippen molar-refractivity contribution in [3.63, 3.8) is 0 Å². The smallest absolute Gasteiger partial charge is 0.290 e. The number of benzene rings is 3. The van der Waals surface area contributed by atoms with Crippen LogP contribution in [0.15, 0.2) is 78.1 Å². The Bertz CT molecular complexity index is 1160. The van der Waals surface area contributed by atoms with Gasteiger partial charge in [-0.15, -0.1) is 0 Å². The van der Waals surface area contributed by atoms with Crippen LogP contribution in [0.3, 0.4) is 0 Å². The number of fused-ring (bicyclic) bond motifs is 1. The van der Waals surface area contributed by atoms with Crippen LogP contribution in [0.5, 0.6) is 0 Å². The molecule has 3 aromatic carbocycles. The molecule has 4 rings (SSSR count). The predicted octanol–water partition coefficient (Wildman–Crippen LogP) is 5.10. The lowest BCUT2D eigenvalue weighted by Crippen LogP contribution is -2.31. The van der Waals surface area contributed by atoms with Gasteiger partial charge in [0.15, 0.2) is 11.5 Å². The summed E-state index contributed by atoms with van der Waals surface area (Å²) in [5.74, 6) is -2.11. The first-order chi connectivity index (χ1) is 14.4. The van der Waals surface area contributed by atoms with Gasteiger partial charge in [0.1, 0.15) is 5.82 Å². The molecule has 0 spiro atoms. The van der Waals surface area contributed by atoms with Crippen molar-refractivity contribution in [2.24, 2.45) is 5.92 Å². The number of aliphatic hydroxyl groups is 1. The molecule has 1 atom stereocenters. The van der Waals surface area contributed by atoms with Crippen molar-refractivity contribution < 1.29 is 19.1 Å². The van der Waals surface area contributed by atoms with Crippen LogP contribution in [-0.2, 0) is 16.1 Å². The molecule has 0 saturated heterocycles. The van der Waals surface area contributed by atoms with Crippen LogP contribution in [0.25, 0.3) is 10.8 Å². The summed E-state index contributed by atoms with van der Waals surface area (Å²) in [6, 6.07) is 18.6. The Morgan fingerprint density at radius 3 is 2.40 bits per heavy atom. The molecular weight excluding hydrogens is 381 g/mol. The summed E-state index contributed by atoms with van der Waals surface area (Å²) >= 11 is 0. The maximum atomic E-state index is 13.3. The van der Waals surface area contributed by atoms with Crippen LogP contribution in [0.4, 0.5) is 4.39 Å². The molecule has 152 valence electrons. The van der Waals surface area contributed by atoms with Crippen molar-refractivity contribution in [1.29, 1.82) is 0 Å². The van der Waals surface area contributed by atoms with Crippen LogP contribution in [0.1, 0.15) is 31.0 Å². The first-order valence-corrected chi connectivity index (χ1v) is 9.89. The normalized spacial score (nSPS) is 16.7. The first kappa shape index (κ1) is 19.8. The van der Waals surface area contributed by atoms with Gasteiger partial charge in [0.2, 0.25) is 0 Å². The number of halogens is 1. The number of ketones is 1. The highest BCUT2D eigenvalue weighted by Crippen LogP contribution is 2.42. The van der Waals surface area contributed by atoms with Crippen molar-refractivity contribution in [3.05, 3.63) is 95.0 Å². The summed E-state index contributed by atoms with van der Waals surface area (Å²) < 4.78 is 13.3. The lowest BCUT2D eigenvalue weighted by molar-refractivity contribution is -0.130. The summed E-state index contributed by atoms with van der Waals surface area (Å²) in [4.78, 5) is 27.5. The van der Waals surface area contributed by atoms with E-state index in [0.29, 0.717) is 5.56 Å². The molecular formula is C25H22FNO3. The van der Waals surface area contributed by atoms with E-state index in [1.54, 1.807) is 26.0 Å². The van der Waals surface area contributed by atoms with Gasteiger partial charge >= 0.3 is 0 Å². The first-order valence-electron chi connectivity index (χ1n) is 9.89. The molecule has 0 radical (unpaired) electrons. The second-order valence-electron chi connectivity index (χ2n) is 7.81. The fourth-order valence-corrected chi connectivity index (χ4v) is 3.98. The minimum absolute atomic E-state index is 0.119. The van der Waals surface area contributed by atoms with E-state index in [1.807, 2.05) is 42.5 Å². The van der Waals surface area contributed by atoms with Gasteiger partial charge in [-0.3, -0.25) is 9.59 Å². The molecule has 3 aromatic rings. The van der Waals surface area contributed by atoms with E-state index in [1.165, 1.54) is 17.0 Å². The van der Waals surface area contributed by atoms with Crippen molar-refractivity contribution >= 4 is 22.5 Å². The van der Waals surface area contributed by atoms with Crippen molar-refractivity contribution in [2.45, 2.75) is 26.4 Å². The lowest BCUT2D eigenvalue weighted by atomic mass is 9.88. The highest BCUT2D eigenvalue weighted by molar-refractivity contribution is 6.10. The van der Waals surface area contributed by atoms with Gasteiger partial charge in [0.05, 0.1) is 11.6 Å². The molecule has 1 aliphatic heterocycles. The number of nitrogens with zero attached hydrogens (tertiary/aromatic N) is 1. The monoisotopic (exact) mass is 403 g/mol. The third-order valence-electron chi connectivity index (χ3n) is 5.48. The van der Waals surface area contributed by atoms with E-state index in [0.717, 1.165) is 16.3 Å². The Labute approximate surface area is 174 Å². The highest BCUT2D eigenvalue weighted by atomic mass is 19.1. The maximum Gasteiger partial charge on any atom is 0.290 e. The number of hydrogen-bond acceptors (Lipinski definition) is 3. The van der Waals surface area contributed by atoms with Crippen LogP contribution in [0, 0.1) is 11.7 Å². The van der Waals surface area contributed by atoms with E-state index < -0.39 is 17.7 Å². The van der Waals surface area contributed by atoms with Crippen molar-refractivity contribution in [3.8, 4) is 0 Å². The van der Waals surface area contributed by atoms with Crippen LogP contribution in [-0.4, -0.2) is 21.7 Å². The number of aliphatic hydroxyl groups excluding tert-OH is 1. The van der Waals surface area contributed by atoms with E-state index in [-0.39, 0.29) is 29.6 Å². The number of rotatable bonds is 5. The van der Waals surface area contributed by atoms with Gasteiger partial charge in [-0.1, -0.05) is 68.4 Å². The Balaban J connectivity index is 1.88. The zero-order valence-corrected chi connectivity index (χ0v) is 16.8. The van der Waals surface area contributed by atoms with Gasteiger partial charge in [-0.2, -0.15) is 0 Å². The Hall–Kier alpha value is -3.47. The molecule has 0 aliphatic carbocycles. The molecule has 0 saturated carbocycles. The van der Waals surface area contributed by atoms with Crippen LogP contribution in [0.2, 0.25) is 0 Å². The quantitative estimate of drug-likeness (QED) is 0.645. The van der Waals surface area contributed by atoms with Gasteiger partial charge in [-0.25, -0.2) is 4.39 Å². The van der Waals surface area contributed by atoms with E-state index >= 15 is 0 Å². The Kier molecular flexibility index (Phi) is 5.12. The zero-order valence-electron chi connectivity index (χ0n) is 16.8. The molecule has 1 unspecified atom stereocenters. The Morgan fingerprint density at radius 2 is 1.70 bits per heavy atom. The summed E-state index contributed by atoms with van der Waals surface area (Å²) in [6.07, 6.45) is 0. The average molecular weight is 403 g/mol. The third-order valence-corrected chi connectivity index (χ3v) is 5.48. The zero-order chi connectivity index (χ0) is 21.4. The summed E-state index contributed by atoms with van der Waals surface area (Å²) in [5, 5.41) is 12.6. The van der Waals surface area contributed by atoms with E-state index in [9.17, 15) is 19.1 Å². The van der Waals surface area contributed by atoms with Crippen molar-refractivity contribution in [1.82, 2.24) is 4.90 Å². The standard InChI is InChI=1S/C25H22FNO3/c1-15(2)23(28)21-22(20-9-5-7-17-6-3-4-8-19(17)20)27(25(30)24(21)29)14-16-10-12-18(26)13-11-16/h3-13,15,22,29H,14H2,1-2H3. The van der Waals surface area contributed by atoms with Gasteiger partial charge in [0.25, 0.3) is 5.91 Å². The molecule has 0 bridgehead atoms. The lowest BCUT2D eigenvalue weighted by Gasteiger charge is -2.28. The average Bonchev–Trinajstić information content (AvgIpc) is 2.99. The predicted molar refractivity (Wildman–Crippen MR) is 113 cm³/mol. The molecule has 30 heavy (non-hydrogen) atoms. The number of Topliss-reactive ketones (excluding diaryl/α,β-unsaturated/α-hetero) is 1. The summed E-state index contributed by atoms with van der Waals surface area (Å²) in [7, 11) is 0. The summed E-state index contributed by atoms with van der Waals surface area (Å²) in [6.45, 7) is 3.64. The largest absolute Gasteiger partial charge is 0.503 e. The summed E-state index contributed by atoms with van der Waals surface area (Å²) in [5.41, 5.74) is 1.60. The van der Waals surface area contributed by atoms with Gasteiger partial charge in [0, 0.05) is 12.5 Å². The van der Waals surface area contributed by atoms with Crippen LogP contribution >= 0.6 is 0 Å². The molecule has 1 N–H and O–H groups in total. The molecule has 0 fully saturated rings. The maximum absolute atomic E-state index is 13.3. The number of amides is 1. The molecule has 1 amide bonds. The second kappa shape index (κ2) is 7.75. The second-order valence-corrected chi connectivity index (χ2v) is 7.81. The van der Waals surface area contributed by atoms with Crippen molar-refractivity contribution in [2.75, 3.05) is 0 Å². The topological polar surface area (TPSA) is 57.6 Å². The van der Waals surface area contributed by atoms with E-state index in [4.69, 9.17) is 0 Å². The fraction of sp³-hybridized carbons (Fsp3) is 0.200. The van der Waals surface area contributed by atoms with Gasteiger partial charge < -0.3 is 10.0 Å². The molecule has 1 aliphatic rings. The van der Waals surface area contributed by atoms with E-state index in [2.05, 4.69) is 0 Å². The molecule has 1 heterocycles. The molecule has 4 nitrogen and oxygen atoms in total. The SMILES string of the molecule is CC(C)C(=O)C1=C(O)C(=O)N(Cc2ccc(F)cc2)C1c1cccc2ccccc12. The number of carbonyl (C=O) groups is 2. The highest BCUT2D eigenvalue weighted by Gasteiger charge is 2.44. The number of hydrogen-bond donors (Lipinski definition) is 1. The fourth-order valence-electron chi connectivity index (χ4n) is 3.98. The molecule has 5 heteroatoms.